The number of thiazole rings is 1. The van der Waals surface area contributed by atoms with Crippen molar-refractivity contribution in [3.8, 4) is 5.88 Å². The molecule has 1 amide bonds. The number of nitrogens with zero attached hydrogens (tertiary/aromatic N) is 5. The van der Waals surface area contributed by atoms with Crippen LogP contribution < -0.4 is 9.64 Å². The zero-order valence-electron chi connectivity index (χ0n) is 15.4. The molecule has 0 unspecified atom stereocenters. The SMILES string of the molecule is COc1nn(C)cc1C(=O)N(CCN(C)C)c1nc2c(F)cc(F)cc2s1. The van der Waals surface area contributed by atoms with E-state index in [1.54, 1.807) is 13.2 Å². The molecule has 1 aromatic carbocycles. The van der Waals surface area contributed by atoms with Crippen molar-refractivity contribution in [2.75, 3.05) is 39.2 Å². The number of aryl methyl sites for hydroxylation is 1. The summed E-state index contributed by atoms with van der Waals surface area (Å²) in [4.78, 5) is 20.7. The van der Waals surface area contributed by atoms with Crippen LogP contribution in [-0.4, -0.2) is 59.9 Å². The summed E-state index contributed by atoms with van der Waals surface area (Å²) in [6.07, 6.45) is 1.55. The van der Waals surface area contributed by atoms with Crippen LogP contribution >= 0.6 is 11.3 Å². The predicted octanol–water partition coefficient (Wildman–Crippen LogP) is 2.53. The van der Waals surface area contributed by atoms with E-state index in [2.05, 4.69) is 10.1 Å². The lowest BCUT2D eigenvalue weighted by atomic mass is 10.3. The van der Waals surface area contributed by atoms with E-state index in [0.29, 0.717) is 17.8 Å². The van der Waals surface area contributed by atoms with Crippen molar-refractivity contribution >= 4 is 32.6 Å². The van der Waals surface area contributed by atoms with Crippen LogP contribution in [0.3, 0.4) is 0 Å². The summed E-state index contributed by atoms with van der Waals surface area (Å²) >= 11 is 1.06. The Bertz CT molecular complexity index is 985. The van der Waals surface area contributed by atoms with Gasteiger partial charge in [0.15, 0.2) is 10.9 Å². The predicted molar refractivity (Wildman–Crippen MR) is 99.5 cm³/mol. The molecule has 0 N–H and O–H groups in total. The number of halogens is 2. The highest BCUT2D eigenvalue weighted by atomic mass is 32.1. The van der Waals surface area contributed by atoms with Gasteiger partial charge in [-0.15, -0.1) is 5.10 Å². The second-order valence-electron chi connectivity index (χ2n) is 6.22. The van der Waals surface area contributed by atoms with E-state index >= 15 is 0 Å². The lowest BCUT2D eigenvalue weighted by Gasteiger charge is -2.21. The molecule has 0 saturated carbocycles. The Morgan fingerprint density at radius 1 is 1.30 bits per heavy atom. The normalized spacial score (nSPS) is 11.4. The quantitative estimate of drug-likeness (QED) is 0.642. The third kappa shape index (κ3) is 3.91. The van der Waals surface area contributed by atoms with Crippen molar-refractivity contribution in [2.24, 2.45) is 7.05 Å². The first-order chi connectivity index (χ1) is 12.8. The Hall–Kier alpha value is -2.59. The molecule has 144 valence electrons. The summed E-state index contributed by atoms with van der Waals surface area (Å²) in [5, 5.41) is 4.38. The van der Waals surface area contributed by atoms with E-state index in [1.807, 2.05) is 19.0 Å². The van der Waals surface area contributed by atoms with E-state index < -0.39 is 11.6 Å². The molecule has 0 atom stereocenters. The van der Waals surface area contributed by atoms with Gasteiger partial charge in [0.05, 0.1) is 11.8 Å². The lowest BCUT2D eigenvalue weighted by Crippen LogP contribution is -2.36. The van der Waals surface area contributed by atoms with Crippen LogP contribution in [0.4, 0.5) is 13.9 Å². The second-order valence-corrected chi connectivity index (χ2v) is 7.23. The third-order valence-electron chi connectivity index (χ3n) is 3.87. The molecule has 0 saturated heterocycles. The van der Waals surface area contributed by atoms with Gasteiger partial charge in [0.1, 0.15) is 16.9 Å². The number of carbonyl (C=O) groups is 1. The average molecular weight is 395 g/mol. The van der Waals surface area contributed by atoms with E-state index in [-0.39, 0.29) is 28.0 Å². The molecule has 2 aromatic heterocycles. The number of hydrogen-bond acceptors (Lipinski definition) is 6. The molecule has 0 aliphatic carbocycles. The first kappa shape index (κ1) is 19.2. The van der Waals surface area contributed by atoms with Crippen molar-refractivity contribution < 1.29 is 18.3 Å². The van der Waals surface area contributed by atoms with Gasteiger partial charge in [-0.25, -0.2) is 13.8 Å². The Balaban J connectivity index is 2.05. The number of aromatic nitrogens is 3. The highest BCUT2D eigenvalue weighted by Gasteiger charge is 2.26. The number of fused-ring (bicyclic) bond motifs is 1. The molecule has 7 nitrogen and oxygen atoms in total. The highest BCUT2D eigenvalue weighted by Crippen LogP contribution is 2.32. The summed E-state index contributed by atoms with van der Waals surface area (Å²) < 4.78 is 34.5. The average Bonchev–Trinajstić information content (AvgIpc) is 3.18. The van der Waals surface area contributed by atoms with Crippen molar-refractivity contribution in [1.82, 2.24) is 19.7 Å². The number of anilines is 1. The van der Waals surface area contributed by atoms with Crippen molar-refractivity contribution in [3.05, 3.63) is 35.5 Å². The van der Waals surface area contributed by atoms with Gasteiger partial charge in [-0.2, -0.15) is 0 Å². The van der Waals surface area contributed by atoms with Crippen molar-refractivity contribution in [3.63, 3.8) is 0 Å². The van der Waals surface area contributed by atoms with E-state index in [4.69, 9.17) is 4.74 Å². The highest BCUT2D eigenvalue weighted by molar-refractivity contribution is 7.22. The molecule has 0 spiro atoms. The number of methoxy groups -OCH3 is 1. The van der Waals surface area contributed by atoms with Gasteiger partial charge in [-0.1, -0.05) is 11.3 Å². The molecule has 0 aliphatic heterocycles. The van der Waals surface area contributed by atoms with Gasteiger partial charge < -0.3 is 9.64 Å². The second kappa shape index (κ2) is 7.57. The van der Waals surface area contributed by atoms with Crippen LogP contribution in [0.1, 0.15) is 10.4 Å². The third-order valence-corrected chi connectivity index (χ3v) is 4.89. The molecule has 3 rings (SSSR count). The fraction of sp³-hybridized carbons (Fsp3) is 0.353. The van der Waals surface area contributed by atoms with Gasteiger partial charge in [0, 0.05) is 32.4 Å². The fourth-order valence-electron chi connectivity index (χ4n) is 2.56. The molecule has 0 radical (unpaired) electrons. The minimum absolute atomic E-state index is 0.0391. The van der Waals surface area contributed by atoms with E-state index in [9.17, 15) is 13.6 Å². The number of ether oxygens (including phenoxy) is 1. The van der Waals surface area contributed by atoms with Crippen molar-refractivity contribution in [1.29, 1.82) is 0 Å². The summed E-state index contributed by atoms with van der Waals surface area (Å²) in [5.41, 5.74) is 0.307. The molecular weight excluding hydrogens is 376 g/mol. The smallest absolute Gasteiger partial charge is 0.267 e. The van der Waals surface area contributed by atoms with Crippen LogP contribution in [0.5, 0.6) is 5.88 Å². The van der Waals surface area contributed by atoms with Crippen LogP contribution in [0.2, 0.25) is 0 Å². The molecule has 0 aliphatic rings. The zero-order valence-corrected chi connectivity index (χ0v) is 16.2. The maximum absolute atomic E-state index is 14.0. The minimum Gasteiger partial charge on any atom is -0.479 e. The monoisotopic (exact) mass is 395 g/mol. The molecule has 10 heteroatoms. The number of benzene rings is 1. The van der Waals surface area contributed by atoms with Gasteiger partial charge >= 0.3 is 0 Å². The number of rotatable bonds is 6. The first-order valence-corrected chi connectivity index (χ1v) is 8.91. The molecule has 3 aromatic rings. The van der Waals surface area contributed by atoms with E-state index in [1.165, 1.54) is 22.8 Å². The van der Waals surface area contributed by atoms with Gasteiger partial charge in [-0.3, -0.25) is 14.4 Å². The van der Waals surface area contributed by atoms with Crippen LogP contribution in [0, 0.1) is 11.6 Å². The molecule has 0 bridgehead atoms. The Morgan fingerprint density at radius 3 is 2.70 bits per heavy atom. The van der Waals surface area contributed by atoms with Crippen LogP contribution in [-0.2, 0) is 7.05 Å². The number of carbonyl (C=O) groups excluding carboxylic acids is 1. The summed E-state index contributed by atoms with van der Waals surface area (Å²) in [6.45, 7) is 0.870. The van der Waals surface area contributed by atoms with Crippen molar-refractivity contribution in [2.45, 2.75) is 0 Å². The Morgan fingerprint density at radius 2 is 2.04 bits per heavy atom. The standard InChI is InChI=1S/C17H19F2N5O2S/c1-22(2)5-6-24(16(25)11-9-23(3)21-15(11)26-4)17-20-14-12(19)7-10(18)8-13(14)27-17/h7-9H,5-6H2,1-4H3. The van der Waals surface area contributed by atoms with Gasteiger partial charge in [0.2, 0.25) is 5.88 Å². The zero-order chi connectivity index (χ0) is 19.7. The Labute approximate surface area is 158 Å². The Kier molecular flexibility index (Phi) is 5.38. The van der Waals surface area contributed by atoms with Gasteiger partial charge in [-0.05, 0) is 20.2 Å². The molecular formula is C17H19F2N5O2S. The molecule has 0 fully saturated rings. The first-order valence-electron chi connectivity index (χ1n) is 8.10. The van der Waals surface area contributed by atoms with E-state index in [0.717, 1.165) is 17.4 Å². The summed E-state index contributed by atoms with van der Waals surface area (Å²) in [6, 6.07) is 1.99. The van der Waals surface area contributed by atoms with Gasteiger partial charge in [0.25, 0.3) is 5.91 Å². The minimum atomic E-state index is -0.758. The fourth-order valence-corrected chi connectivity index (χ4v) is 3.59. The lowest BCUT2D eigenvalue weighted by molar-refractivity contribution is 0.0982. The number of hydrogen-bond donors (Lipinski definition) is 0. The molecule has 2 heterocycles. The maximum Gasteiger partial charge on any atom is 0.267 e. The maximum atomic E-state index is 14.0. The summed E-state index contributed by atoms with van der Waals surface area (Å²) in [7, 11) is 6.86. The van der Waals surface area contributed by atoms with Crippen LogP contribution in [0.15, 0.2) is 18.3 Å². The number of amides is 1. The summed E-state index contributed by atoms with van der Waals surface area (Å²) in [5.74, 6) is -1.63. The van der Waals surface area contributed by atoms with Crippen LogP contribution in [0.25, 0.3) is 10.2 Å². The number of likely N-dealkylation sites (N-methyl/N-ethyl adjacent to an activating group) is 1. The topological polar surface area (TPSA) is 63.5 Å². The molecule has 27 heavy (non-hydrogen) atoms. The largest absolute Gasteiger partial charge is 0.479 e.